The maximum absolute atomic E-state index is 12.7. The molecule has 1 heterocycles. The number of esters is 1. The van der Waals surface area contributed by atoms with Crippen LogP contribution in [0.2, 0.25) is 5.02 Å². The first-order valence-electron chi connectivity index (χ1n) is 9.79. The third-order valence-electron chi connectivity index (χ3n) is 4.55. The highest BCUT2D eigenvalue weighted by Crippen LogP contribution is 2.29. The third kappa shape index (κ3) is 4.92. The van der Waals surface area contributed by atoms with Gasteiger partial charge in [0.05, 0.1) is 10.4 Å². The summed E-state index contributed by atoms with van der Waals surface area (Å²) in [7, 11) is 0. The van der Waals surface area contributed by atoms with E-state index in [0.717, 1.165) is 11.1 Å². The molecule has 0 aliphatic carbocycles. The number of para-hydroxylation sites is 1. The van der Waals surface area contributed by atoms with Gasteiger partial charge in [-0.15, -0.1) is 0 Å². The van der Waals surface area contributed by atoms with E-state index in [1.165, 1.54) is 24.5 Å². The minimum absolute atomic E-state index is 0.00260. The molecule has 4 aromatic rings. The Morgan fingerprint density at radius 2 is 1.69 bits per heavy atom. The van der Waals surface area contributed by atoms with Crippen molar-refractivity contribution in [2.45, 2.75) is 13.8 Å². The molecule has 0 radical (unpaired) electrons. The lowest BCUT2D eigenvalue weighted by Gasteiger charge is -2.09. The van der Waals surface area contributed by atoms with Crippen molar-refractivity contribution in [3.8, 4) is 23.0 Å². The van der Waals surface area contributed by atoms with E-state index in [0.29, 0.717) is 16.5 Å². The number of carbonyl (C=O) groups is 1. The lowest BCUT2D eigenvalue weighted by atomic mass is 10.1. The van der Waals surface area contributed by atoms with E-state index in [-0.39, 0.29) is 34.5 Å². The van der Waals surface area contributed by atoms with Crippen molar-refractivity contribution >= 4 is 28.5 Å². The highest BCUT2D eigenvalue weighted by molar-refractivity contribution is 6.32. The van der Waals surface area contributed by atoms with Crippen molar-refractivity contribution in [1.82, 2.24) is 0 Å². The second kappa shape index (κ2) is 9.16. The molecule has 0 saturated heterocycles. The lowest BCUT2D eigenvalue weighted by Crippen LogP contribution is -2.17. The molecule has 0 amide bonds. The Morgan fingerprint density at radius 1 is 0.938 bits per heavy atom. The lowest BCUT2D eigenvalue weighted by molar-refractivity contribution is -0.136. The molecule has 0 bridgehead atoms. The number of rotatable bonds is 6. The zero-order valence-electron chi connectivity index (χ0n) is 17.4. The van der Waals surface area contributed by atoms with Gasteiger partial charge >= 0.3 is 5.97 Å². The Hall–Kier alpha value is -3.77. The average molecular weight is 451 g/mol. The van der Waals surface area contributed by atoms with Gasteiger partial charge in [-0.1, -0.05) is 29.8 Å². The molecule has 0 spiro atoms. The summed E-state index contributed by atoms with van der Waals surface area (Å²) in [6, 6.07) is 17.0. The van der Waals surface area contributed by atoms with Gasteiger partial charge in [-0.05, 0) is 61.4 Å². The highest BCUT2D eigenvalue weighted by atomic mass is 35.5. The number of ether oxygens (including phenoxy) is 3. The van der Waals surface area contributed by atoms with E-state index in [9.17, 15) is 9.59 Å². The van der Waals surface area contributed by atoms with Crippen molar-refractivity contribution < 1.29 is 23.4 Å². The number of fused-ring (bicyclic) bond motifs is 1. The summed E-state index contributed by atoms with van der Waals surface area (Å²) in [6.45, 7) is 3.65. The topological polar surface area (TPSA) is 75.0 Å². The molecular formula is C25H19ClO6. The van der Waals surface area contributed by atoms with E-state index in [1.807, 2.05) is 32.0 Å². The molecule has 0 aliphatic rings. The SMILES string of the molecule is Cc1cc(C)cc(OCC(=O)Oc2ccc3c(=O)c(Oc4ccccc4Cl)coc3c2)c1. The number of hydrogen-bond acceptors (Lipinski definition) is 6. The molecule has 0 saturated carbocycles. The zero-order valence-corrected chi connectivity index (χ0v) is 18.1. The minimum Gasteiger partial charge on any atom is -0.482 e. The molecule has 7 heteroatoms. The van der Waals surface area contributed by atoms with Crippen LogP contribution in [0, 0.1) is 13.8 Å². The van der Waals surface area contributed by atoms with Gasteiger partial charge in [-0.2, -0.15) is 0 Å². The summed E-state index contributed by atoms with van der Waals surface area (Å²) >= 11 is 6.08. The Bertz CT molecular complexity index is 1340. The quantitative estimate of drug-likeness (QED) is 0.271. The van der Waals surface area contributed by atoms with Crippen LogP contribution >= 0.6 is 11.6 Å². The molecular weight excluding hydrogens is 432 g/mol. The van der Waals surface area contributed by atoms with Crippen LogP contribution in [0.5, 0.6) is 23.0 Å². The molecule has 0 N–H and O–H groups in total. The molecule has 4 rings (SSSR count). The van der Waals surface area contributed by atoms with Crippen molar-refractivity contribution in [3.63, 3.8) is 0 Å². The van der Waals surface area contributed by atoms with Crippen molar-refractivity contribution in [3.05, 3.63) is 93.3 Å². The monoisotopic (exact) mass is 450 g/mol. The van der Waals surface area contributed by atoms with Gasteiger partial charge in [0, 0.05) is 6.07 Å². The number of carbonyl (C=O) groups excluding carboxylic acids is 1. The Labute approximate surface area is 188 Å². The van der Waals surface area contributed by atoms with Gasteiger partial charge in [0.2, 0.25) is 11.2 Å². The number of halogens is 1. The summed E-state index contributed by atoms with van der Waals surface area (Å²) in [5, 5.41) is 0.651. The first-order valence-corrected chi connectivity index (χ1v) is 10.2. The molecule has 1 aromatic heterocycles. The summed E-state index contributed by atoms with van der Waals surface area (Å²) < 4.78 is 21.9. The van der Waals surface area contributed by atoms with E-state index in [2.05, 4.69) is 0 Å². The number of hydrogen-bond donors (Lipinski definition) is 0. The van der Waals surface area contributed by atoms with E-state index in [1.54, 1.807) is 24.3 Å². The van der Waals surface area contributed by atoms with Gasteiger partial charge < -0.3 is 18.6 Å². The van der Waals surface area contributed by atoms with E-state index in [4.69, 9.17) is 30.2 Å². The summed E-state index contributed by atoms with van der Waals surface area (Å²) in [4.78, 5) is 24.9. The van der Waals surface area contributed by atoms with Crippen molar-refractivity contribution in [2.24, 2.45) is 0 Å². The molecule has 6 nitrogen and oxygen atoms in total. The average Bonchev–Trinajstić information content (AvgIpc) is 2.75. The summed E-state index contributed by atoms with van der Waals surface area (Å²) in [6.07, 6.45) is 1.20. The van der Waals surface area contributed by atoms with E-state index < -0.39 is 5.97 Å². The van der Waals surface area contributed by atoms with Crippen molar-refractivity contribution in [2.75, 3.05) is 6.61 Å². The number of aryl methyl sites for hydroxylation is 2. The van der Waals surface area contributed by atoms with Crippen molar-refractivity contribution in [1.29, 1.82) is 0 Å². The zero-order chi connectivity index (χ0) is 22.7. The fourth-order valence-corrected chi connectivity index (χ4v) is 3.36. The second-order valence-corrected chi connectivity index (χ2v) is 7.61. The summed E-state index contributed by atoms with van der Waals surface area (Å²) in [5.41, 5.74) is 1.95. The molecule has 162 valence electrons. The molecule has 3 aromatic carbocycles. The molecule has 0 atom stereocenters. The molecule has 0 aliphatic heterocycles. The Kier molecular flexibility index (Phi) is 6.14. The van der Waals surface area contributed by atoms with E-state index >= 15 is 0 Å². The summed E-state index contributed by atoms with van der Waals surface area (Å²) in [5.74, 6) is 0.585. The van der Waals surface area contributed by atoms with Gasteiger partial charge in [-0.25, -0.2) is 4.79 Å². The minimum atomic E-state index is -0.579. The molecule has 0 unspecified atom stereocenters. The second-order valence-electron chi connectivity index (χ2n) is 7.21. The van der Waals surface area contributed by atoms with Crippen LogP contribution < -0.4 is 19.6 Å². The Morgan fingerprint density at radius 3 is 2.44 bits per heavy atom. The largest absolute Gasteiger partial charge is 0.482 e. The fourth-order valence-electron chi connectivity index (χ4n) is 3.19. The standard InChI is InChI=1S/C25H19ClO6/c1-15-9-16(2)11-18(10-15)29-14-24(27)31-17-7-8-19-22(12-17)30-13-23(25(19)28)32-21-6-4-3-5-20(21)26/h3-13H,14H2,1-2H3. The predicted octanol–water partition coefficient (Wildman–Crippen LogP) is 5.84. The molecule has 0 fully saturated rings. The van der Waals surface area contributed by atoms with Crippen LogP contribution in [-0.4, -0.2) is 12.6 Å². The molecule has 32 heavy (non-hydrogen) atoms. The van der Waals surface area contributed by atoms with Gasteiger partial charge in [0.15, 0.2) is 6.61 Å². The maximum atomic E-state index is 12.7. The maximum Gasteiger partial charge on any atom is 0.349 e. The third-order valence-corrected chi connectivity index (χ3v) is 4.87. The fraction of sp³-hybridized carbons (Fsp3) is 0.120. The number of benzene rings is 3. The highest BCUT2D eigenvalue weighted by Gasteiger charge is 2.13. The smallest absolute Gasteiger partial charge is 0.349 e. The van der Waals surface area contributed by atoms with Crippen LogP contribution in [0.3, 0.4) is 0 Å². The van der Waals surface area contributed by atoms with Crippen LogP contribution in [-0.2, 0) is 4.79 Å². The van der Waals surface area contributed by atoms with Gasteiger partial charge in [0.1, 0.15) is 29.1 Å². The van der Waals surface area contributed by atoms with Crippen LogP contribution in [0.1, 0.15) is 11.1 Å². The Balaban J connectivity index is 1.47. The van der Waals surface area contributed by atoms with Crippen LogP contribution in [0.15, 0.2) is 76.1 Å². The predicted molar refractivity (Wildman–Crippen MR) is 121 cm³/mol. The van der Waals surface area contributed by atoms with Crippen LogP contribution in [0.25, 0.3) is 11.0 Å². The normalized spacial score (nSPS) is 10.7. The van der Waals surface area contributed by atoms with Gasteiger partial charge in [-0.3, -0.25) is 4.79 Å². The van der Waals surface area contributed by atoms with Gasteiger partial charge in [0.25, 0.3) is 0 Å². The first-order chi connectivity index (χ1) is 15.4. The van der Waals surface area contributed by atoms with Crippen LogP contribution in [0.4, 0.5) is 0 Å². The first kappa shape index (κ1) is 21.5.